The maximum atomic E-state index is 12.6. The Bertz CT molecular complexity index is 1150. The Labute approximate surface area is 201 Å². The predicted molar refractivity (Wildman–Crippen MR) is 126 cm³/mol. The van der Waals surface area contributed by atoms with Gasteiger partial charge in [-0.25, -0.2) is 4.79 Å². The van der Waals surface area contributed by atoms with E-state index in [-0.39, 0.29) is 35.1 Å². The fourth-order valence-corrected chi connectivity index (χ4v) is 3.41. The molecule has 0 aromatic heterocycles. The average Bonchev–Trinajstić information content (AvgIpc) is 2.82. The number of hydrogen-bond donors (Lipinski definition) is 1. The molecule has 0 atom stereocenters. The maximum Gasteiger partial charge on any atom is 0.340 e. The zero-order valence-corrected chi connectivity index (χ0v) is 19.4. The van der Waals surface area contributed by atoms with E-state index in [1.54, 1.807) is 37.4 Å². The predicted octanol–water partition coefficient (Wildman–Crippen LogP) is 5.50. The number of anilines is 1. The summed E-state index contributed by atoms with van der Waals surface area (Å²) >= 11 is 12.0. The van der Waals surface area contributed by atoms with Gasteiger partial charge in [-0.3, -0.25) is 4.79 Å². The van der Waals surface area contributed by atoms with Crippen LogP contribution in [0.25, 0.3) is 0 Å². The van der Waals surface area contributed by atoms with Crippen LogP contribution in [0.5, 0.6) is 17.2 Å². The Morgan fingerprint density at radius 3 is 2.27 bits per heavy atom. The maximum absolute atomic E-state index is 12.6. The van der Waals surface area contributed by atoms with E-state index in [2.05, 4.69) is 5.32 Å². The van der Waals surface area contributed by atoms with Crippen molar-refractivity contribution in [1.82, 2.24) is 0 Å². The Morgan fingerprint density at radius 1 is 0.848 bits per heavy atom. The van der Waals surface area contributed by atoms with Crippen LogP contribution in [0.15, 0.2) is 60.7 Å². The van der Waals surface area contributed by atoms with Crippen molar-refractivity contribution in [2.24, 2.45) is 0 Å². The van der Waals surface area contributed by atoms with E-state index in [4.69, 9.17) is 42.1 Å². The third-order valence-electron chi connectivity index (χ3n) is 4.50. The van der Waals surface area contributed by atoms with Crippen LogP contribution in [0, 0.1) is 0 Å². The minimum atomic E-state index is -0.636. The van der Waals surface area contributed by atoms with Crippen molar-refractivity contribution >= 4 is 40.8 Å². The van der Waals surface area contributed by atoms with Crippen LogP contribution in [-0.2, 0) is 4.74 Å². The van der Waals surface area contributed by atoms with Crippen LogP contribution in [0.2, 0.25) is 10.0 Å². The number of para-hydroxylation sites is 2. The highest BCUT2D eigenvalue weighted by atomic mass is 35.5. The first-order chi connectivity index (χ1) is 15.9. The van der Waals surface area contributed by atoms with Gasteiger partial charge in [-0.1, -0.05) is 35.3 Å². The Hall–Kier alpha value is -3.42. The van der Waals surface area contributed by atoms with Crippen LogP contribution in [0.4, 0.5) is 5.69 Å². The minimum Gasteiger partial charge on any atom is -0.493 e. The number of esters is 1. The first kappa shape index (κ1) is 24.2. The first-order valence-corrected chi connectivity index (χ1v) is 10.6. The summed E-state index contributed by atoms with van der Waals surface area (Å²) in [5.74, 6) is 0.481. The van der Waals surface area contributed by atoms with Crippen molar-refractivity contribution in [2.75, 3.05) is 32.8 Å². The van der Waals surface area contributed by atoms with Gasteiger partial charge < -0.3 is 24.3 Å². The number of methoxy groups -OCH3 is 2. The van der Waals surface area contributed by atoms with Crippen molar-refractivity contribution in [2.45, 2.75) is 0 Å². The average molecular weight is 490 g/mol. The molecule has 1 N–H and O–H groups in total. The second-order valence-electron chi connectivity index (χ2n) is 6.63. The van der Waals surface area contributed by atoms with Crippen molar-refractivity contribution in [3.8, 4) is 17.2 Å². The summed E-state index contributed by atoms with van der Waals surface area (Å²) in [5.41, 5.74) is 0.584. The molecule has 33 heavy (non-hydrogen) atoms. The Kier molecular flexibility index (Phi) is 8.40. The third-order valence-corrected chi connectivity index (χ3v) is 5.05. The molecule has 3 rings (SSSR count). The molecule has 0 spiro atoms. The van der Waals surface area contributed by atoms with Gasteiger partial charge in [-0.05, 0) is 48.5 Å². The van der Waals surface area contributed by atoms with Gasteiger partial charge in [-0.15, -0.1) is 0 Å². The molecule has 9 heteroatoms. The number of benzene rings is 3. The van der Waals surface area contributed by atoms with E-state index in [9.17, 15) is 9.59 Å². The van der Waals surface area contributed by atoms with Gasteiger partial charge in [0.1, 0.15) is 19.0 Å². The zero-order chi connectivity index (χ0) is 23.8. The molecule has 3 aromatic rings. The lowest BCUT2D eigenvalue weighted by molar-refractivity contribution is 0.0601. The molecule has 0 heterocycles. The van der Waals surface area contributed by atoms with E-state index in [1.165, 1.54) is 25.3 Å². The van der Waals surface area contributed by atoms with Crippen LogP contribution in [0.1, 0.15) is 20.7 Å². The molecule has 3 aromatic carbocycles. The second-order valence-corrected chi connectivity index (χ2v) is 7.47. The van der Waals surface area contributed by atoms with Crippen molar-refractivity contribution in [1.29, 1.82) is 0 Å². The summed E-state index contributed by atoms with van der Waals surface area (Å²) in [5, 5.41) is 3.26. The van der Waals surface area contributed by atoms with E-state index in [0.717, 1.165) is 0 Å². The van der Waals surface area contributed by atoms with E-state index in [0.29, 0.717) is 22.3 Å². The number of amides is 1. The number of halogens is 2. The minimum absolute atomic E-state index is 0.124. The van der Waals surface area contributed by atoms with Crippen LogP contribution >= 0.6 is 23.2 Å². The van der Waals surface area contributed by atoms with E-state index < -0.39 is 11.9 Å². The lowest BCUT2D eigenvalue weighted by Gasteiger charge is -2.14. The smallest absolute Gasteiger partial charge is 0.340 e. The Morgan fingerprint density at radius 2 is 1.58 bits per heavy atom. The van der Waals surface area contributed by atoms with Crippen LogP contribution in [-0.4, -0.2) is 39.3 Å². The summed E-state index contributed by atoms with van der Waals surface area (Å²) in [4.78, 5) is 24.9. The molecule has 0 aliphatic carbocycles. The van der Waals surface area contributed by atoms with Crippen LogP contribution in [0.3, 0.4) is 0 Å². The third kappa shape index (κ3) is 6.31. The first-order valence-electron chi connectivity index (χ1n) is 9.80. The fourth-order valence-electron chi connectivity index (χ4n) is 2.91. The number of ether oxygens (including phenoxy) is 4. The largest absolute Gasteiger partial charge is 0.493 e. The van der Waals surface area contributed by atoms with Crippen LogP contribution < -0.4 is 19.5 Å². The summed E-state index contributed by atoms with van der Waals surface area (Å²) in [6.45, 7) is 0.465. The number of carbonyl (C=O) groups excluding carboxylic acids is 2. The molecule has 0 saturated carbocycles. The monoisotopic (exact) mass is 489 g/mol. The van der Waals surface area contributed by atoms with Gasteiger partial charge in [0.05, 0.1) is 36.1 Å². The quantitative estimate of drug-likeness (QED) is 0.315. The summed E-state index contributed by atoms with van der Waals surface area (Å²) < 4.78 is 21.4. The molecule has 7 nitrogen and oxygen atoms in total. The van der Waals surface area contributed by atoms with E-state index in [1.807, 2.05) is 12.1 Å². The molecule has 0 aliphatic rings. The number of hydrogen-bond acceptors (Lipinski definition) is 6. The molecule has 0 unspecified atom stereocenters. The molecule has 1 amide bonds. The number of rotatable bonds is 9. The highest BCUT2D eigenvalue weighted by Crippen LogP contribution is 2.27. The van der Waals surface area contributed by atoms with Gasteiger partial charge in [0.15, 0.2) is 11.5 Å². The lowest BCUT2D eigenvalue weighted by Crippen LogP contribution is -2.16. The van der Waals surface area contributed by atoms with Gasteiger partial charge in [0, 0.05) is 5.02 Å². The van der Waals surface area contributed by atoms with Crippen molar-refractivity contribution in [3.05, 3.63) is 81.8 Å². The summed E-state index contributed by atoms with van der Waals surface area (Å²) in [6, 6.07) is 16.4. The fraction of sp³-hybridized carbons (Fsp3) is 0.167. The highest BCUT2D eigenvalue weighted by molar-refractivity contribution is 6.37. The molecule has 0 bridgehead atoms. The summed E-state index contributed by atoms with van der Waals surface area (Å²) in [7, 11) is 2.81. The van der Waals surface area contributed by atoms with Crippen molar-refractivity contribution in [3.63, 3.8) is 0 Å². The van der Waals surface area contributed by atoms with Gasteiger partial charge in [-0.2, -0.15) is 0 Å². The SMILES string of the molecule is COC(=O)c1cc(OCCOc2ccccc2OC)ccc1NC(=O)c1ccc(Cl)cc1Cl. The summed E-state index contributed by atoms with van der Waals surface area (Å²) in [6.07, 6.45) is 0. The standard InChI is InChI=1S/C24H21Cl2NO6/c1-30-21-5-3-4-6-22(21)33-12-11-32-16-8-10-20(18(14-16)24(29)31-2)27-23(28)17-9-7-15(25)13-19(17)26/h3-10,13-14H,11-12H2,1-2H3,(H,27,28). The van der Waals surface area contributed by atoms with Gasteiger partial charge in [0.2, 0.25) is 0 Å². The molecule has 172 valence electrons. The lowest BCUT2D eigenvalue weighted by atomic mass is 10.1. The Balaban J connectivity index is 1.68. The molecule has 0 saturated heterocycles. The number of nitrogens with one attached hydrogen (secondary N) is 1. The van der Waals surface area contributed by atoms with E-state index >= 15 is 0 Å². The highest BCUT2D eigenvalue weighted by Gasteiger charge is 2.18. The second kappa shape index (κ2) is 11.4. The van der Waals surface area contributed by atoms with Crippen molar-refractivity contribution < 1.29 is 28.5 Å². The molecular formula is C24H21Cl2NO6. The normalized spacial score (nSPS) is 10.3. The molecule has 0 radical (unpaired) electrons. The number of carbonyl (C=O) groups is 2. The molecule has 0 aliphatic heterocycles. The topological polar surface area (TPSA) is 83.1 Å². The molecular weight excluding hydrogens is 469 g/mol. The zero-order valence-electron chi connectivity index (χ0n) is 17.9. The van der Waals surface area contributed by atoms with Gasteiger partial charge in [0.25, 0.3) is 5.91 Å². The van der Waals surface area contributed by atoms with Gasteiger partial charge >= 0.3 is 5.97 Å². The molecule has 0 fully saturated rings.